The van der Waals surface area contributed by atoms with Gasteiger partial charge in [0.2, 0.25) is 5.88 Å². The Balaban J connectivity index is 1.53. The van der Waals surface area contributed by atoms with Crippen LogP contribution in [0.4, 0.5) is 4.39 Å². The van der Waals surface area contributed by atoms with Crippen LogP contribution in [0.2, 0.25) is 0 Å². The van der Waals surface area contributed by atoms with Crippen molar-refractivity contribution in [2.24, 2.45) is 0 Å². The number of aromatic amines is 1. The van der Waals surface area contributed by atoms with Gasteiger partial charge in [0.1, 0.15) is 6.33 Å². The van der Waals surface area contributed by atoms with Gasteiger partial charge < -0.3 is 24.1 Å². The van der Waals surface area contributed by atoms with Gasteiger partial charge in [0.25, 0.3) is 0 Å². The van der Waals surface area contributed by atoms with E-state index < -0.39 is 61.6 Å². The van der Waals surface area contributed by atoms with Gasteiger partial charge in [0.05, 0.1) is 27.3 Å². The summed E-state index contributed by atoms with van der Waals surface area (Å²) in [6.45, 7) is -13.7. The minimum atomic E-state index is -4.09. The molecule has 0 atom stereocenters. The molecule has 1 saturated heterocycles. The molecule has 0 aliphatic carbocycles. The number of aryl methyl sites for hydroxylation is 1. The molecular formula is C25H27FN4O3. The minimum absolute atomic E-state index is 0.00209. The normalized spacial score (nSPS) is 28.0. The van der Waals surface area contributed by atoms with Crippen molar-refractivity contribution in [2.75, 3.05) is 33.2 Å². The first kappa shape index (κ1) is 10.7. The molecule has 0 spiro atoms. The van der Waals surface area contributed by atoms with Crippen LogP contribution in [0.3, 0.4) is 0 Å². The standard InChI is InChI=1S/C25H27FN4O3/c1-16-12-17-19(29-16)6-7-21(24(17)26)33-25-18-13-22(31-2)23(14-20(18)27-15-28-25)32-11-5-10-30-8-3-4-9-30/h6-7,12-15,29H,3-5,8-11H2,1-2H3/i3D2,4D2,5D2,8D2,9D2,10D2,11D2. The Labute approximate surface area is 211 Å². The molecule has 3 heterocycles. The van der Waals surface area contributed by atoms with Crippen LogP contribution in [0.5, 0.6) is 23.1 Å². The second-order valence-corrected chi connectivity index (χ2v) is 6.84. The fraction of sp³-hybridized carbons (Fsp3) is 0.360. The van der Waals surface area contributed by atoms with Gasteiger partial charge in [-0.25, -0.2) is 14.4 Å². The highest BCUT2D eigenvalue weighted by molar-refractivity contribution is 5.87. The lowest BCUT2D eigenvalue weighted by atomic mass is 10.2. The average molecular weight is 465 g/mol. The molecule has 1 aliphatic rings. The third-order valence-corrected chi connectivity index (χ3v) is 4.71. The molecule has 0 unspecified atom stereocenters. The quantitative estimate of drug-likeness (QED) is 0.385. The number of halogens is 1. The number of H-pyrrole nitrogens is 1. The first-order chi connectivity index (χ1) is 21.4. The van der Waals surface area contributed by atoms with E-state index in [0.717, 1.165) is 25.2 Å². The zero-order valence-corrected chi connectivity index (χ0v) is 17.4. The third-order valence-electron chi connectivity index (χ3n) is 4.71. The van der Waals surface area contributed by atoms with Crippen molar-refractivity contribution in [3.8, 4) is 23.1 Å². The predicted octanol–water partition coefficient (Wildman–Crippen LogP) is 5.22. The van der Waals surface area contributed by atoms with Crippen LogP contribution in [0.15, 0.2) is 36.7 Å². The van der Waals surface area contributed by atoms with Gasteiger partial charge in [0, 0.05) is 45.6 Å². The second kappa shape index (κ2) is 9.23. The van der Waals surface area contributed by atoms with E-state index in [9.17, 15) is 0 Å². The molecule has 2 aromatic carbocycles. The fourth-order valence-electron chi connectivity index (χ4n) is 3.24. The van der Waals surface area contributed by atoms with Crippen molar-refractivity contribution >= 4 is 21.8 Å². The van der Waals surface area contributed by atoms with E-state index in [-0.39, 0.29) is 33.7 Å². The Morgan fingerprint density at radius 1 is 1.12 bits per heavy atom. The van der Waals surface area contributed by atoms with Crippen LogP contribution >= 0.6 is 0 Å². The number of methoxy groups -OCH3 is 1. The number of nitrogens with zero attached hydrogens (tertiary/aromatic N) is 3. The fourth-order valence-corrected chi connectivity index (χ4v) is 3.24. The number of likely N-dealkylation sites (tertiary alicyclic amines) is 1. The number of fused-ring (bicyclic) bond motifs is 2. The number of hydrogen-bond donors (Lipinski definition) is 1. The van der Waals surface area contributed by atoms with Gasteiger partial charge in [0.15, 0.2) is 23.1 Å². The van der Waals surface area contributed by atoms with Gasteiger partial charge in [-0.15, -0.1) is 0 Å². The smallest absolute Gasteiger partial charge is 0.230 e. The molecule has 2 aromatic heterocycles. The Hall–Kier alpha value is -3.39. The van der Waals surface area contributed by atoms with E-state index in [4.69, 9.17) is 33.4 Å². The summed E-state index contributed by atoms with van der Waals surface area (Å²) in [6, 6.07) is 6.84. The van der Waals surface area contributed by atoms with Gasteiger partial charge in [-0.05, 0) is 63.3 Å². The van der Waals surface area contributed by atoms with Crippen LogP contribution < -0.4 is 14.2 Å². The highest BCUT2D eigenvalue weighted by Crippen LogP contribution is 2.37. The number of nitrogens with one attached hydrogen (secondary N) is 1. The lowest BCUT2D eigenvalue weighted by Gasteiger charge is -2.16. The zero-order valence-electron chi connectivity index (χ0n) is 31.4. The van der Waals surface area contributed by atoms with Crippen molar-refractivity contribution in [3.63, 3.8) is 0 Å². The Kier molecular flexibility index (Phi) is 2.99. The van der Waals surface area contributed by atoms with Gasteiger partial charge in [-0.1, -0.05) is 0 Å². The lowest BCUT2D eigenvalue weighted by molar-refractivity contribution is 0.254. The minimum Gasteiger partial charge on any atom is -0.493 e. The number of benzene rings is 2. The van der Waals surface area contributed by atoms with Crippen molar-refractivity contribution in [1.29, 1.82) is 0 Å². The third kappa shape index (κ3) is 4.43. The second-order valence-electron chi connectivity index (χ2n) is 6.84. The zero-order chi connectivity index (χ0) is 35.3. The van der Waals surface area contributed by atoms with E-state index in [1.165, 1.54) is 12.1 Å². The molecule has 0 saturated carbocycles. The summed E-state index contributed by atoms with van der Waals surface area (Å²) in [7, 11) is 1.14. The first-order valence-corrected chi connectivity index (χ1v) is 9.65. The highest BCUT2D eigenvalue weighted by Gasteiger charge is 2.17. The summed E-state index contributed by atoms with van der Waals surface area (Å²) < 4.78 is 146. The topological polar surface area (TPSA) is 72.5 Å². The maximum Gasteiger partial charge on any atom is 0.230 e. The van der Waals surface area contributed by atoms with Crippen LogP contribution in [0, 0.1) is 12.7 Å². The molecule has 0 amide bonds. The van der Waals surface area contributed by atoms with E-state index in [1.54, 1.807) is 19.1 Å². The Morgan fingerprint density at radius 3 is 2.79 bits per heavy atom. The molecule has 1 fully saturated rings. The number of ether oxygens (including phenoxy) is 3. The summed E-state index contributed by atoms with van der Waals surface area (Å²) in [5.41, 5.74) is 1.26. The van der Waals surface area contributed by atoms with Crippen LogP contribution in [0.1, 0.15) is 44.0 Å². The van der Waals surface area contributed by atoms with Crippen LogP contribution in [-0.4, -0.2) is 53.0 Å². The monoisotopic (exact) mass is 464 g/mol. The summed E-state index contributed by atoms with van der Waals surface area (Å²) >= 11 is 0. The molecule has 0 bridgehead atoms. The Bertz CT molecular complexity index is 1860. The summed E-state index contributed by atoms with van der Waals surface area (Å²) in [5, 5.41) is 0.383. The number of aromatic nitrogens is 3. The molecule has 8 heteroatoms. The van der Waals surface area contributed by atoms with Crippen molar-refractivity contribution in [3.05, 3.63) is 48.2 Å². The maximum absolute atomic E-state index is 15.2. The number of rotatable bonds is 8. The number of hydrogen-bond acceptors (Lipinski definition) is 6. The predicted molar refractivity (Wildman–Crippen MR) is 125 cm³/mol. The molecule has 4 aromatic rings. The molecule has 0 radical (unpaired) electrons. The van der Waals surface area contributed by atoms with Crippen molar-refractivity contribution in [1.82, 2.24) is 19.9 Å². The first-order valence-electron chi connectivity index (χ1n) is 16.6. The summed E-state index contributed by atoms with van der Waals surface area (Å²) in [5.74, 6) is -1.85. The van der Waals surface area contributed by atoms with E-state index in [1.807, 2.05) is 0 Å². The Morgan fingerprint density at radius 2 is 1.97 bits per heavy atom. The highest BCUT2D eigenvalue weighted by atomic mass is 19.1. The van der Waals surface area contributed by atoms with E-state index in [2.05, 4.69) is 15.0 Å². The lowest BCUT2D eigenvalue weighted by Crippen LogP contribution is -2.21. The molecule has 1 N–H and O–H groups in total. The van der Waals surface area contributed by atoms with Crippen LogP contribution in [0.25, 0.3) is 21.8 Å². The van der Waals surface area contributed by atoms with Crippen molar-refractivity contribution < 1.29 is 37.8 Å². The summed E-state index contributed by atoms with van der Waals surface area (Å²) in [4.78, 5) is 10.5. The molecule has 1 aliphatic heterocycles. The van der Waals surface area contributed by atoms with Crippen LogP contribution in [-0.2, 0) is 0 Å². The molecular weight excluding hydrogens is 423 g/mol. The summed E-state index contributed by atoms with van der Waals surface area (Å²) in [6.07, 6.45) is -10.4. The largest absolute Gasteiger partial charge is 0.493 e. The maximum atomic E-state index is 15.2. The average Bonchev–Trinajstić information content (AvgIpc) is 3.36. The molecule has 172 valence electrons. The van der Waals surface area contributed by atoms with Gasteiger partial charge >= 0.3 is 0 Å². The SMILES string of the molecule is [2H]C([2H])(Oc1cc2ncnc(Oc3ccc4[nH]c(C)cc4c3F)c2cc1OC)C([2H])([2H])C([2H])([2H])N1C([2H])([2H])C([2H])([2H])C([2H])([2H])C1([2H])[2H]. The molecule has 7 nitrogen and oxygen atoms in total. The van der Waals surface area contributed by atoms with E-state index >= 15 is 4.39 Å². The van der Waals surface area contributed by atoms with Gasteiger partial charge in [-0.2, -0.15) is 0 Å². The molecule has 33 heavy (non-hydrogen) atoms. The van der Waals surface area contributed by atoms with Gasteiger partial charge in [-0.3, -0.25) is 0 Å². The molecule has 5 rings (SSSR count). The van der Waals surface area contributed by atoms with E-state index in [0.29, 0.717) is 5.52 Å². The van der Waals surface area contributed by atoms with Crippen molar-refractivity contribution in [2.45, 2.75) is 26.0 Å².